The summed E-state index contributed by atoms with van der Waals surface area (Å²) < 4.78 is 0. The minimum atomic E-state index is 0.253. The fourth-order valence-electron chi connectivity index (χ4n) is 2.61. The van der Waals surface area contributed by atoms with E-state index in [1.54, 1.807) is 0 Å². The molecule has 1 fully saturated rings. The fourth-order valence-corrected chi connectivity index (χ4v) is 2.61. The van der Waals surface area contributed by atoms with Crippen LogP contribution in [0, 0.1) is 5.92 Å². The zero-order valence-corrected chi connectivity index (χ0v) is 10.1. The van der Waals surface area contributed by atoms with Crippen molar-refractivity contribution in [3.8, 4) is 0 Å². The van der Waals surface area contributed by atoms with E-state index < -0.39 is 0 Å². The maximum atomic E-state index is 5.93. The zero-order valence-electron chi connectivity index (χ0n) is 10.1. The molecule has 1 rings (SSSR count). The lowest BCUT2D eigenvalue weighted by molar-refractivity contribution is 0.0572. The highest BCUT2D eigenvalue weighted by molar-refractivity contribution is 4.89. The third-order valence-corrected chi connectivity index (χ3v) is 3.65. The van der Waals surface area contributed by atoms with Crippen LogP contribution in [-0.2, 0) is 0 Å². The van der Waals surface area contributed by atoms with Crippen LogP contribution in [0.2, 0.25) is 0 Å². The Labute approximate surface area is 88.8 Å². The van der Waals surface area contributed by atoms with Gasteiger partial charge in [0.05, 0.1) is 0 Å². The summed E-state index contributed by atoms with van der Waals surface area (Å²) in [7, 11) is 0. The molecule has 0 saturated carbocycles. The topological polar surface area (TPSA) is 29.3 Å². The average Bonchev–Trinajstić information content (AvgIpc) is 2.18. The van der Waals surface area contributed by atoms with Gasteiger partial charge in [0.15, 0.2) is 0 Å². The summed E-state index contributed by atoms with van der Waals surface area (Å²) in [6.45, 7) is 10.2. The standard InChI is InChI=1S/C12H26N2/c1-4-7-12(3,10-13)14-8-5-6-11(2)9-14/h11H,4-10,13H2,1-3H3. The van der Waals surface area contributed by atoms with E-state index in [-0.39, 0.29) is 5.54 Å². The van der Waals surface area contributed by atoms with E-state index in [0.717, 1.165) is 12.5 Å². The summed E-state index contributed by atoms with van der Waals surface area (Å²) >= 11 is 0. The van der Waals surface area contributed by atoms with E-state index in [9.17, 15) is 0 Å². The van der Waals surface area contributed by atoms with Gasteiger partial charge in [0.25, 0.3) is 0 Å². The van der Waals surface area contributed by atoms with Crippen molar-refractivity contribution >= 4 is 0 Å². The Morgan fingerprint density at radius 3 is 2.71 bits per heavy atom. The summed E-state index contributed by atoms with van der Waals surface area (Å²) in [6.07, 6.45) is 5.21. The van der Waals surface area contributed by atoms with Gasteiger partial charge >= 0.3 is 0 Å². The lowest BCUT2D eigenvalue weighted by Gasteiger charge is -2.44. The van der Waals surface area contributed by atoms with Crippen molar-refractivity contribution in [2.75, 3.05) is 19.6 Å². The van der Waals surface area contributed by atoms with E-state index in [0.29, 0.717) is 0 Å². The van der Waals surface area contributed by atoms with Crippen LogP contribution in [0.25, 0.3) is 0 Å². The van der Waals surface area contributed by atoms with Crippen molar-refractivity contribution in [1.82, 2.24) is 4.90 Å². The lowest BCUT2D eigenvalue weighted by Crippen LogP contribution is -2.54. The molecule has 0 aromatic carbocycles. The van der Waals surface area contributed by atoms with Crippen molar-refractivity contribution in [3.05, 3.63) is 0 Å². The van der Waals surface area contributed by atoms with Crippen molar-refractivity contribution in [2.45, 2.75) is 52.0 Å². The van der Waals surface area contributed by atoms with Crippen molar-refractivity contribution in [2.24, 2.45) is 11.7 Å². The van der Waals surface area contributed by atoms with Crippen LogP contribution in [0.15, 0.2) is 0 Å². The Balaban J connectivity index is 2.58. The van der Waals surface area contributed by atoms with Crippen LogP contribution >= 0.6 is 0 Å². The molecular weight excluding hydrogens is 172 g/mol. The van der Waals surface area contributed by atoms with E-state index in [1.165, 1.54) is 38.8 Å². The second kappa shape index (κ2) is 5.13. The second-order valence-electron chi connectivity index (χ2n) is 5.14. The highest BCUT2D eigenvalue weighted by Crippen LogP contribution is 2.26. The first-order valence-electron chi connectivity index (χ1n) is 6.07. The summed E-state index contributed by atoms with van der Waals surface area (Å²) in [4.78, 5) is 2.62. The normalized spacial score (nSPS) is 28.7. The molecule has 2 atom stereocenters. The van der Waals surface area contributed by atoms with Gasteiger partial charge in [0.1, 0.15) is 0 Å². The lowest BCUT2D eigenvalue weighted by atomic mass is 9.89. The SMILES string of the molecule is CCCC(C)(CN)N1CCCC(C)C1. The Kier molecular flexibility index (Phi) is 4.39. The molecule has 14 heavy (non-hydrogen) atoms. The highest BCUT2D eigenvalue weighted by Gasteiger charge is 2.31. The molecule has 2 unspecified atom stereocenters. The molecule has 0 aliphatic carbocycles. The predicted octanol–water partition coefficient (Wildman–Crippen LogP) is 2.24. The van der Waals surface area contributed by atoms with Crippen LogP contribution in [-0.4, -0.2) is 30.1 Å². The van der Waals surface area contributed by atoms with Crippen LogP contribution in [0.3, 0.4) is 0 Å². The second-order valence-corrected chi connectivity index (χ2v) is 5.14. The van der Waals surface area contributed by atoms with Gasteiger partial charge in [0, 0.05) is 18.6 Å². The molecule has 1 heterocycles. The molecule has 2 N–H and O–H groups in total. The molecule has 0 spiro atoms. The average molecular weight is 198 g/mol. The van der Waals surface area contributed by atoms with E-state index in [2.05, 4.69) is 25.7 Å². The largest absolute Gasteiger partial charge is 0.329 e. The van der Waals surface area contributed by atoms with Gasteiger partial charge in [-0.15, -0.1) is 0 Å². The molecule has 0 amide bonds. The number of likely N-dealkylation sites (tertiary alicyclic amines) is 1. The van der Waals surface area contributed by atoms with Crippen molar-refractivity contribution < 1.29 is 0 Å². The van der Waals surface area contributed by atoms with Gasteiger partial charge in [-0.1, -0.05) is 20.3 Å². The maximum Gasteiger partial charge on any atom is 0.0303 e. The quantitative estimate of drug-likeness (QED) is 0.750. The first kappa shape index (κ1) is 12.0. The van der Waals surface area contributed by atoms with Crippen LogP contribution in [0.5, 0.6) is 0 Å². The molecule has 0 radical (unpaired) electrons. The zero-order chi connectivity index (χ0) is 10.6. The van der Waals surface area contributed by atoms with Gasteiger partial charge in [-0.2, -0.15) is 0 Å². The molecule has 0 bridgehead atoms. The Bertz CT molecular complexity index is 170. The highest BCUT2D eigenvalue weighted by atomic mass is 15.2. The van der Waals surface area contributed by atoms with Crippen LogP contribution in [0.4, 0.5) is 0 Å². The van der Waals surface area contributed by atoms with Gasteiger partial charge in [0.2, 0.25) is 0 Å². The summed E-state index contributed by atoms with van der Waals surface area (Å²) in [5.41, 5.74) is 6.18. The monoisotopic (exact) mass is 198 g/mol. The Morgan fingerprint density at radius 2 is 2.21 bits per heavy atom. The van der Waals surface area contributed by atoms with E-state index in [4.69, 9.17) is 5.73 Å². The molecule has 0 aromatic heterocycles. The molecule has 1 aliphatic rings. The minimum absolute atomic E-state index is 0.253. The minimum Gasteiger partial charge on any atom is -0.329 e. The van der Waals surface area contributed by atoms with Crippen molar-refractivity contribution in [3.63, 3.8) is 0 Å². The predicted molar refractivity (Wildman–Crippen MR) is 62.3 cm³/mol. The Morgan fingerprint density at radius 1 is 1.50 bits per heavy atom. The number of rotatable bonds is 4. The molecule has 84 valence electrons. The first-order valence-corrected chi connectivity index (χ1v) is 6.07. The van der Waals surface area contributed by atoms with Gasteiger partial charge in [-0.3, -0.25) is 4.90 Å². The fraction of sp³-hybridized carbons (Fsp3) is 1.00. The summed E-state index contributed by atoms with van der Waals surface area (Å²) in [5, 5.41) is 0. The number of hydrogen-bond acceptors (Lipinski definition) is 2. The number of nitrogens with zero attached hydrogens (tertiary/aromatic N) is 1. The molecule has 1 aliphatic heterocycles. The third kappa shape index (κ3) is 2.71. The number of hydrogen-bond donors (Lipinski definition) is 1. The van der Waals surface area contributed by atoms with Crippen LogP contribution < -0.4 is 5.73 Å². The van der Waals surface area contributed by atoms with E-state index >= 15 is 0 Å². The smallest absolute Gasteiger partial charge is 0.0303 e. The molecule has 2 nitrogen and oxygen atoms in total. The molecule has 0 aromatic rings. The maximum absolute atomic E-state index is 5.93. The van der Waals surface area contributed by atoms with Gasteiger partial charge < -0.3 is 5.73 Å². The number of nitrogens with two attached hydrogens (primary N) is 1. The summed E-state index contributed by atoms with van der Waals surface area (Å²) in [6, 6.07) is 0. The molecule has 1 saturated heterocycles. The van der Waals surface area contributed by atoms with Gasteiger partial charge in [-0.25, -0.2) is 0 Å². The van der Waals surface area contributed by atoms with Crippen molar-refractivity contribution in [1.29, 1.82) is 0 Å². The molecule has 2 heteroatoms. The summed E-state index contributed by atoms with van der Waals surface area (Å²) in [5.74, 6) is 0.853. The number of piperidine rings is 1. The van der Waals surface area contributed by atoms with E-state index in [1.807, 2.05) is 0 Å². The van der Waals surface area contributed by atoms with Gasteiger partial charge in [-0.05, 0) is 38.6 Å². The molecular formula is C12H26N2. The van der Waals surface area contributed by atoms with Crippen LogP contribution in [0.1, 0.15) is 46.5 Å². The third-order valence-electron chi connectivity index (χ3n) is 3.65. The first-order chi connectivity index (χ1) is 6.62. The Hall–Kier alpha value is -0.0800.